The standard InChI is InChI=1S/C18H17ClN4O/c19-13-4-6-15(7-5-13)23-18(24)16-8-10-22(12-17(16)21-23)11-14-3-1-2-9-20-14/h1-7,9,21H,8,10-12H2. The number of benzene rings is 1. The van der Waals surface area contributed by atoms with E-state index in [2.05, 4.69) is 15.0 Å². The van der Waals surface area contributed by atoms with Crippen LogP contribution in [-0.2, 0) is 19.5 Å². The average Bonchev–Trinajstić information content (AvgIpc) is 2.93. The van der Waals surface area contributed by atoms with E-state index in [4.69, 9.17) is 11.6 Å². The molecule has 5 nitrogen and oxygen atoms in total. The molecule has 0 bridgehead atoms. The van der Waals surface area contributed by atoms with Crippen molar-refractivity contribution in [3.8, 4) is 5.69 Å². The molecule has 0 fully saturated rings. The number of fused-ring (bicyclic) bond motifs is 1. The molecule has 4 rings (SSSR count). The monoisotopic (exact) mass is 340 g/mol. The van der Waals surface area contributed by atoms with E-state index in [1.807, 2.05) is 36.5 Å². The summed E-state index contributed by atoms with van der Waals surface area (Å²) in [5, 5.41) is 3.91. The molecule has 2 aromatic heterocycles. The molecular weight excluding hydrogens is 324 g/mol. The Hall–Kier alpha value is -2.37. The molecule has 0 amide bonds. The van der Waals surface area contributed by atoms with Crippen LogP contribution in [0.2, 0.25) is 5.02 Å². The fraction of sp³-hybridized carbons (Fsp3) is 0.222. The van der Waals surface area contributed by atoms with Gasteiger partial charge in [0.1, 0.15) is 0 Å². The van der Waals surface area contributed by atoms with Crippen molar-refractivity contribution < 1.29 is 0 Å². The van der Waals surface area contributed by atoms with Crippen molar-refractivity contribution in [2.75, 3.05) is 6.54 Å². The van der Waals surface area contributed by atoms with Gasteiger partial charge in [-0.15, -0.1) is 0 Å². The molecule has 6 heteroatoms. The van der Waals surface area contributed by atoms with E-state index in [0.717, 1.165) is 48.7 Å². The van der Waals surface area contributed by atoms with Gasteiger partial charge in [0, 0.05) is 36.4 Å². The highest BCUT2D eigenvalue weighted by Gasteiger charge is 2.23. The van der Waals surface area contributed by atoms with Crippen LogP contribution in [0.5, 0.6) is 0 Å². The van der Waals surface area contributed by atoms with Crippen molar-refractivity contribution >= 4 is 11.6 Å². The SMILES string of the molecule is O=c1c2c([nH]n1-c1ccc(Cl)cc1)CN(Cc1ccccn1)CC2. The number of aromatic nitrogens is 3. The maximum Gasteiger partial charge on any atom is 0.274 e. The maximum atomic E-state index is 12.6. The van der Waals surface area contributed by atoms with Gasteiger partial charge in [0.25, 0.3) is 5.56 Å². The molecule has 0 atom stereocenters. The lowest BCUT2D eigenvalue weighted by molar-refractivity contribution is 0.239. The summed E-state index contributed by atoms with van der Waals surface area (Å²) in [7, 11) is 0. The second-order valence-electron chi connectivity index (χ2n) is 5.97. The third-order valence-electron chi connectivity index (χ3n) is 4.33. The lowest BCUT2D eigenvalue weighted by atomic mass is 10.1. The molecule has 1 aliphatic rings. The van der Waals surface area contributed by atoms with Crippen molar-refractivity contribution in [3.63, 3.8) is 0 Å². The molecule has 0 saturated heterocycles. The normalized spacial score (nSPS) is 14.5. The highest BCUT2D eigenvalue weighted by atomic mass is 35.5. The zero-order chi connectivity index (χ0) is 16.5. The topological polar surface area (TPSA) is 53.9 Å². The van der Waals surface area contributed by atoms with E-state index in [9.17, 15) is 4.79 Å². The molecule has 1 aliphatic heterocycles. The minimum absolute atomic E-state index is 0.0322. The van der Waals surface area contributed by atoms with Crippen molar-refractivity contribution in [1.82, 2.24) is 19.7 Å². The maximum absolute atomic E-state index is 12.6. The van der Waals surface area contributed by atoms with Crippen molar-refractivity contribution in [2.24, 2.45) is 0 Å². The summed E-state index contributed by atoms with van der Waals surface area (Å²) in [4.78, 5) is 19.3. The minimum Gasteiger partial charge on any atom is -0.293 e. The Balaban J connectivity index is 1.59. The molecule has 3 heterocycles. The quantitative estimate of drug-likeness (QED) is 0.797. The predicted molar refractivity (Wildman–Crippen MR) is 93.5 cm³/mol. The van der Waals surface area contributed by atoms with Gasteiger partial charge < -0.3 is 0 Å². The van der Waals surface area contributed by atoms with Gasteiger partial charge in [-0.05, 0) is 42.8 Å². The number of halogens is 1. The number of rotatable bonds is 3. The van der Waals surface area contributed by atoms with Crippen molar-refractivity contribution in [1.29, 1.82) is 0 Å². The summed E-state index contributed by atoms with van der Waals surface area (Å²) in [5.41, 5.74) is 3.74. The number of hydrogen-bond donors (Lipinski definition) is 1. The molecule has 0 radical (unpaired) electrons. The summed E-state index contributed by atoms with van der Waals surface area (Å²) >= 11 is 5.93. The lowest BCUT2D eigenvalue weighted by Gasteiger charge is -2.25. The van der Waals surface area contributed by atoms with Crippen LogP contribution >= 0.6 is 11.6 Å². The van der Waals surface area contributed by atoms with Crippen LogP contribution in [-0.4, -0.2) is 26.2 Å². The summed E-state index contributed by atoms with van der Waals surface area (Å²) < 4.78 is 1.60. The van der Waals surface area contributed by atoms with Crippen LogP contribution in [0.15, 0.2) is 53.5 Å². The Bertz CT molecular complexity index is 899. The van der Waals surface area contributed by atoms with Crippen molar-refractivity contribution in [3.05, 3.63) is 81.0 Å². The highest BCUT2D eigenvalue weighted by Crippen LogP contribution is 2.18. The van der Waals surface area contributed by atoms with Crippen LogP contribution in [0.4, 0.5) is 0 Å². The van der Waals surface area contributed by atoms with E-state index in [1.165, 1.54) is 0 Å². The van der Waals surface area contributed by atoms with Gasteiger partial charge in [-0.3, -0.25) is 19.8 Å². The van der Waals surface area contributed by atoms with E-state index in [1.54, 1.807) is 16.8 Å². The fourth-order valence-corrected chi connectivity index (χ4v) is 3.23. The fourth-order valence-electron chi connectivity index (χ4n) is 3.11. The molecule has 0 spiro atoms. The van der Waals surface area contributed by atoms with Crippen LogP contribution in [0.3, 0.4) is 0 Å². The average molecular weight is 341 g/mol. The third-order valence-corrected chi connectivity index (χ3v) is 4.58. The molecular formula is C18H17ClN4O. The second-order valence-corrected chi connectivity index (χ2v) is 6.40. The lowest BCUT2D eigenvalue weighted by Crippen LogP contribution is -2.32. The highest BCUT2D eigenvalue weighted by molar-refractivity contribution is 6.30. The van der Waals surface area contributed by atoms with Gasteiger partial charge >= 0.3 is 0 Å². The number of hydrogen-bond acceptors (Lipinski definition) is 3. The van der Waals surface area contributed by atoms with Gasteiger partial charge in [-0.25, -0.2) is 4.68 Å². The number of aromatic amines is 1. The van der Waals surface area contributed by atoms with E-state index in [0.29, 0.717) is 5.02 Å². The Labute approximate surface area is 144 Å². The molecule has 1 aromatic carbocycles. The Morgan fingerprint density at radius 1 is 1.17 bits per heavy atom. The van der Waals surface area contributed by atoms with Gasteiger partial charge in [0.2, 0.25) is 0 Å². The van der Waals surface area contributed by atoms with Crippen LogP contribution in [0, 0.1) is 0 Å². The molecule has 3 aromatic rings. The predicted octanol–water partition coefficient (Wildman–Crippen LogP) is 2.77. The summed E-state index contributed by atoms with van der Waals surface area (Å²) in [6.45, 7) is 2.37. The molecule has 24 heavy (non-hydrogen) atoms. The molecule has 122 valence electrons. The van der Waals surface area contributed by atoms with E-state index < -0.39 is 0 Å². The Morgan fingerprint density at radius 2 is 2.00 bits per heavy atom. The molecule has 0 unspecified atom stereocenters. The number of nitrogens with zero attached hydrogens (tertiary/aromatic N) is 3. The van der Waals surface area contributed by atoms with E-state index >= 15 is 0 Å². The Kier molecular flexibility index (Phi) is 3.96. The number of pyridine rings is 1. The summed E-state index contributed by atoms with van der Waals surface area (Å²) in [5.74, 6) is 0. The number of H-pyrrole nitrogens is 1. The molecule has 1 N–H and O–H groups in total. The first-order valence-corrected chi connectivity index (χ1v) is 8.29. The second kappa shape index (κ2) is 6.26. The van der Waals surface area contributed by atoms with Gasteiger partial charge in [-0.1, -0.05) is 17.7 Å². The summed E-state index contributed by atoms with van der Waals surface area (Å²) in [6, 6.07) is 13.2. The van der Waals surface area contributed by atoms with Gasteiger partial charge in [0.15, 0.2) is 0 Å². The first-order valence-electron chi connectivity index (χ1n) is 7.92. The minimum atomic E-state index is 0.0322. The first kappa shape index (κ1) is 15.2. The van der Waals surface area contributed by atoms with Crippen LogP contribution in [0.25, 0.3) is 5.69 Å². The van der Waals surface area contributed by atoms with Gasteiger partial charge in [0.05, 0.1) is 17.1 Å². The third kappa shape index (κ3) is 2.88. The number of nitrogens with one attached hydrogen (secondary N) is 1. The summed E-state index contributed by atoms with van der Waals surface area (Å²) in [6.07, 6.45) is 2.56. The zero-order valence-corrected chi connectivity index (χ0v) is 13.8. The van der Waals surface area contributed by atoms with E-state index in [-0.39, 0.29) is 5.56 Å². The largest absolute Gasteiger partial charge is 0.293 e. The molecule has 0 saturated carbocycles. The van der Waals surface area contributed by atoms with Crippen LogP contribution < -0.4 is 5.56 Å². The molecule has 0 aliphatic carbocycles. The van der Waals surface area contributed by atoms with Gasteiger partial charge in [-0.2, -0.15) is 0 Å². The van der Waals surface area contributed by atoms with Crippen LogP contribution in [0.1, 0.15) is 17.0 Å². The van der Waals surface area contributed by atoms with Crippen molar-refractivity contribution in [2.45, 2.75) is 19.5 Å². The first-order chi connectivity index (χ1) is 11.7. The zero-order valence-electron chi connectivity index (χ0n) is 13.1. The smallest absolute Gasteiger partial charge is 0.274 e. The Morgan fingerprint density at radius 3 is 2.75 bits per heavy atom.